The number of rotatable bonds is 6. The molecule has 0 aliphatic heterocycles. The Morgan fingerprint density at radius 1 is 1.09 bits per heavy atom. The first kappa shape index (κ1) is 18.5. The molecular weight excluding hydrogens is 158 g/mol. The van der Waals surface area contributed by atoms with Crippen molar-refractivity contribution in [1.29, 1.82) is 0 Å². The molecule has 0 radical (unpaired) electrons. The van der Waals surface area contributed by atoms with Crippen LogP contribution in [0.1, 0.15) is 48.3 Å². The zero-order valence-electron chi connectivity index (χ0n) is 10.2. The molecule has 1 nitrogen and oxygen atoms in total. The van der Waals surface area contributed by atoms with Crippen molar-refractivity contribution in [3.8, 4) is 0 Å². The van der Waals surface area contributed by atoms with Crippen molar-refractivity contribution in [2.24, 2.45) is 0 Å². The molecule has 0 aliphatic rings. The van der Waals surface area contributed by atoms with Crippen molar-refractivity contribution >= 4 is 6.29 Å². The van der Waals surface area contributed by atoms with Gasteiger partial charge in [-0.3, -0.25) is 0 Å². The number of hydrogen-bond donors (Lipinski definition) is 0. The Morgan fingerprint density at radius 2 is 1.64 bits per heavy atom. The van der Waals surface area contributed by atoms with E-state index >= 15 is 0 Å². The summed E-state index contributed by atoms with van der Waals surface area (Å²) in [5.74, 6) is 0. The van der Waals surface area contributed by atoms with Gasteiger partial charge in [0, 0.05) is 6.42 Å². The van der Waals surface area contributed by atoms with E-state index in [2.05, 4.69) is 6.92 Å². The maximum atomic E-state index is 9.84. The van der Waals surface area contributed by atoms with Crippen LogP contribution in [-0.2, 0) is 4.79 Å². The first-order valence-electron chi connectivity index (χ1n) is 3.85. The van der Waals surface area contributed by atoms with Gasteiger partial charge in [-0.05, 0) is 6.42 Å². The van der Waals surface area contributed by atoms with Crippen LogP contribution in [0.25, 0.3) is 0 Å². The molecule has 0 aromatic carbocycles. The molecule has 3 heteroatoms. The summed E-state index contributed by atoms with van der Waals surface area (Å²) < 4.78 is 0. The molecule has 0 N–H and O–H groups in total. The fourth-order valence-electron chi connectivity index (χ4n) is 0.831. The Hall–Kier alpha value is 1.67. The molecule has 0 fully saturated rings. The minimum absolute atomic E-state index is 0. The van der Waals surface area contributed by atoms with E-state index in [1.165, 1.54) is 25.7 Å². The quantitative estimate of drug-likeness (QED) is 0.236. The van der Waals surface area contributed by atoms with Gasteiger partial charge in [-0.1, -0.05) is 32.6 Å². The van der Waals surface area contributed by atoms with E-state index in [0.29, 0.717) is 0 Å². The average molecular weight is 176 g/mol. The van der Waals surface area contributed by atoms with Crippen molar-refractivity contribution in [2.45, 2.75) is 45.4 Å². The van der Waals surface area contributed by atoms with Gasteiger partial charge >= 0.3 is 59.1 Å². The minimum atomic E-state index is 0. The molecular formula is C8H18Na2O. The summed E-state index contributed by atoms with van der Waals surface area (Å²) in [4.78, 5) is 9.84. The van der Waals surface area contributed by atoms with Gasteiger partial charge in [-0.15, -0.1) is 0 Å². The van der Waals surface area contributed by atoms with Crippen LogP contribution in [0.4, 0.5) is 0 Å². The molecule has 0 aliphatic carbocycles. The second-order valence-electron chi connectivity index (χ2n) is 2.37. The van der Waals surface area contributed by atoms with Crippen molar-refractivity contribution in [1.82, 2.24) is 0 Å². The third-order valence-corrected chi connectivity index (χ3v) is 1.43. The van der Waals surface area contributed by atoms with Gasteiger partial charge in [0.25, 0.3) is 0 Å². The van der Waals surface area contributed by atoms with Crippen molar-refractivity contribution in [2.75, 3.05) is 0 Å². The van der Waals surface area contributed by atoms with Gasteiger partial charge in [0.05, 0.1) is 0 Å². The Balaban J connectivity index is -0.0000000533. The second-order valence-corrected chi connectivity index (χ2v) is 2.37. The third kappa shape index (κ3) is 18.5. The normalized spacial score (nSPS) is 7.73. The number of carbonyl (C=O) groups is 1. The second kappa shape index (κ2) is 17.7. The molecule has 0 aromatic rings. The molecule has 0 unspecified atom stereocenters. The number of carbonyl (C=O) groups excluding carboxylic acids is 1. The summed E-state index contributed by atoms with van der Waals surface area (Å²) in [6, 6.07) is 0. The summed E-state index contributed by atoms with van der Waals surface area (Å²) in [7, 11) is 0. The Labute approximate surface area is 117 Å². The maximum absolute atomic E-state index is 9.84. The SMILES string of the molecule is CCCCCCCC=O.[H-].[H-].[Na+].[Na+]. The van der Waals surface area contributed by atoms with Crippen LogP contribution in [0.3, 0.4) is 0 Å². The largest absolute Gasteiger partial charge is 1.00 e. The van der Waals surface area contributed by atoms with Crippen LogP contribution < -0.4 is 59.1 Å². The van der Waals surface area contributed by atoms with Gasteiger partial charge in [-0.25, -0.2) is 0 Å². The van der Waals surface area contributed by atoms with Crippen LogP contribution in [-0.4, -0.2) is 6.29 Å². The zero-order chi connectivity index (χ0) is 6.95. The average Bonchev–Trinajstić information content (AvgIpc) is 1.89. The summed E-state index contributed by atoms with van der Waals surface area (Å²) in [6.45, 7) is 2.19. The molecule has 0 heterocycles. The molecule has 0 atom stereocenters. The molecule has 0 saturated carbocycles. The number of aldehydes is 1. The van der Waals surface area contributed by atoms with Gasteiger partial charge in [0.2, 0.25) is 0 Å². The van der Waals surface area contributed by atoms with Gasteiger partial charge in [-0.2, -0.15) is 0 Å². The van der Waals surface area contributed by atoms with E-state index in [1.54, 1.807) is 0 Å². The first-order valence-corrected chi connectivity index (χ1v) is 3.85. The number of hydrogen-bond acceptors (Lipinski definition) is 1. The summed E-state index contributed by atoms with van der Waals surface area (Å²) in [5, 5.41) is 0. The van der Waals surface area contributed by atoms with E-state index in [0.717, 1.165) is 19.1 Å². The summed E-state index contributed by atoms with van der Waals surface area (Å²) in [5.41, 5.74) is 0. The zero-order valence-corrected chi connectivity index (χ0v) is 12.2. The van der Waals surface area contributed by atoms with Crippen LogP contribution in [0.5, 0.6) is 0 Å². The molecule has 58 valence electrons. The van der Waals surface area contributed by atoms with Gasteiger partial charge < -0.3 is 7.65 Å². The van der Waals surface area contributed by atoms with Crippen molar-refractivity contribution in [3.63, 3.8) is 0 Å². The first-order chi connectivity index (χ1) is 4.41. The fourth-order valence-corrected chi connectivity index (χ4v) is 0.831. The third-order valence-electron chi connectivity index (χ3n) is 1.43. The Kier molecular flexibility index (Phi) is 29.7. The number of unbranched alkanes of at least 4 members (excludes halogenated alkanes) is 5. The molecule has 0 aromatic heterocycles. The van der Waals surface area contributed by atoms with Gasteiger partial charge in [0.1, 0.15) is 6.29 Å². The van der Waals surface area contributed by atoms with E-state index in [4.69, 9.17) is 0 Å². The Bertz CT molecular complexity index is 75.2. The van der Waals surface area contributed by atoms with E-state index in [-0.39, 0.29) is 62.0 Å². The molecule has 0 saturated heterocycles. The van der Waals surface area contributed by atoms with Crippen molar-refractivity contribution in [3.05, 3.63) is 0 Å². The van der Waals surface area contributed by atoms with Crippen LogP contribution in [0.15, 0.2) is 0 Å². The van der Waals surface area contributed by atoms with Crippen LogP contribution in [0, 0.1) is 0 Å². The molecule has 0 spiro atoms. The smallest absolute Gasteiger partial charge is 1.00 e. The summed E-state index contributed by atoms with van der Waals surface area (Å²) in [6.07, 6.45) is 7.97. The van der Waals surface area contributed by atoms with Crippen LogP contribution >= 0.6 is 0 Å². The Morgan fingerprint density at radius 3 is 2.09 bits per heavy atom. The molecule has 0 amide bonds. The molecule has 11 heavy (non-hydrogen) atoms. The monoisotopic (exact) mass is 176 g/mol. The van der Waals surface area contributed by atoms with E-state index < -0.39 is 0 Å². The molecule has 0 bridgehead atoms. The topological polar surface area (TPSA) is 17.1 Å². The van der Waals surface area contributed by atoms with E-state index in [1.807, 2.05) is 0 Å². The van der Waals surface area contributed by atoms with Crippen molar-refractivity contribution < 1.29 is 66.8 Å². The van der Waals surface area contributed by atoms with E-state index in [9.17, 15) is 4.79 Å². The maximum Gasteiger partial charge on any atom is 1.00 e. The fraction of sp³-hybridized carbons (Fsp3) is 0.875. The minimum Gasteiger partial charge on any atom is -1.00 e. The predicted molar refractivity (Wildman–Crippen MR) is 41.7 cm³/mol. The predicted octanol–water partition coefficient (Wildman–Crippen LogP) is -3.22. The van der Waals surface area contributed by atoms with Crippen LogP contribution in [0.2, 0.25) is 0 Å². The van der Waals surface area contributed by atoms with Gasteiger partial charge in [0.15, 0.2) is 0 Å². The summed E-state index contributed by atoms with van der Waals surface area (Å²) >= 11 is 0. The molecule has 0 rings (SSSR count). The standard InChI is InChI=1S/C8H16O.2Na.2H/c1-2-3-4-5-6-7-8-9;;;;/h8H,2-7H2,1H3;;;;/q;2*+1;2*-1.